The summed E-state index contributed by atoms with van der Waals surface area (Å²) in [5, 5.41) is 9.71. The second-order valence-corrected chi connectivity index (χ2v) is 4.82. The van der Waals surface area contributed by atoms with E-state index in [0.29, 0.717) is 18.3 Å². The Morgan fingerprint density at radius 2 is 2.15 bits per heavy atom. The predicted octanol–water partition coefficient (Wildman–Crippen LogP) is 1.95. The van der Waals surface area contributed by atoms with E-state index in [1.807, 2.05) is 0 Å². The molecule has 0 aliphatic heterocycles. The Morgan fingerprint density at radius 3 is 2.54 bits per heavy atom. The van der Waals surface area contributed by atoms with E-state index in [2.05, 4.69) is 13.8 Å². The van der Waals surface area contributed by atoms with E-state index in [-0.39, 0.29) is 0 Å². The van der Waals surface area contributed by atoms with Gasteiger partial charge < -0.3 is 0 Å². The first-order valence-electron chi connectivity index (χ1n) is 5.02. The standard InChI is InChI=1S/C10H21AsO2/c1-3-4-8(2)5-9(7-11)6-10(12)13/h8-9H,3-7,11H2,1-2H3,(H,12,13). The molecule has 0 aromatic carbocycles. The van der Waals surface area contributed by atoms with E-state index < -0.39 is 5.97 Å². The summed E-state index contributed by atoms with van der Waals surface area (Å²) in [5.41, 5.74) is 0. The van der Waals surface area contributed by atoms with Crippen LogP contribution in [0.4, 0.5) is 0 Å². The van der Waals surface area contributed by atoms with Gasteiger partial charge in [0.05, 0.1) is 0 Å². The topological polar surface area (TPSA) is 37.3 Å². The molecule has 0 heterocycles. The van der Waals surface area contributed by atoms with Crippen LogP contribution in [0.1, 0.15) is 39.5 Å². The van der Waals surface area contributed by atoms with Crippen molar-refractivity contribution in [1.29, 1.82) is 0 Å². The summed E-state index contributed by atoms with van der Waals surface area (Å²) < 4.78 is 0. The average Bonchev–Trinajstić information content (AvgIpc) is 2.02. The van der Waals surface area contributed by atoms with Gasteiger partial charge in [0, 0.05) is 0 Å². The molecule has 0 spiro atoms. The van der Waals surface area contributed by atoms with Gasteiger partial charge in [0.15, 0.2) is 0 Å². The molecule has 0 aromatic rings. The van der Waals surface area contributed by atoms with Crippen LogP contribution in [0, 0.1) is 11.8 Å². The van der Waals surface area contributed by atoms with Gasteiger partial charge in [0.1, 0.15) is 0 Å². The molecule has 3 unspecified atom stereocenters. The Labute approximate surface area is 89.6 Å². The molecule has 0 rings (SSSR count). The van der Waals surface area contributed by atoms with Gasteiger partial charge in [-0.05, 0) is 0 Å². The maximum absolute atomic E-state index is 10.5. The molecule has 0 aliphatic carbocycles. The molecule has 78 valence electrons. The van der Waals surface area contributed by atoms with Gasteiger partial charge in [0.2, 0.25) is 0 Å². The van der Waals surface area contributed by atoms with Crippen LogP contribution in [0.5, 0.6) is 0 Å². The van der Waals surface area contributed by atoms with E-state index in [1.54, 1.807) is 16.9 Å². The van der Waals surface area contributed by atoms with Crippen LogP contribution >= 0.6 is 0 Å². The van der Waals surface area contributed by atoms with Crippen LogP contribution in [0.25, 0.3) is 0 Å². The van der Waals surface area contributed by atoms with Crippen LogP contribution in [0.3, 0.4) is 0 Å². The van der Waals surface area contributed by atoms with E-state index >= 15 is 0 Å². The molecule has 0 saturated heterocycles. The minimum absolute atomic E-state index is 0.353. The molecule has 0 radical (unpaired) electrons. The van der Waals surface area contributed by atoms with Gasteiger partial charge in [-0.1, -0.05) is 0 Å². The van der Waals surface area contributed by atoms with Gasteiger partial charge in [-0.15, -0.1) is 0 Å². The summed E-state index contributed by atoms with van der Waals surface area (Å²) in [4.78, 5) is 10.5. The van der Waals surface area contributed by atoms with Crippen LogP contribution in [0.15, 0.2) is 0 Å². The molecule has 0 aliphatic rings. The molecule has 0 saturated carbocycles. The molecule has 13 heavy (non-hydrogen) atoms. The molecule has 0 fully saturated rings. The Balaban J connectivity index is 3.75. The van der Waals surface area contributed by atoms with Gasteiger partial charge in [-0.25, -0.2) is 0 Å². The molecule has 3 atom stereocenters. The van der Waals surface area contributed by atoms with Crippen molar-refractivity contribution >= 4 is 22.8 Å². The molecular weight excluding hydrogens is 227 g/mol. The van der Waals surface area contributed by atoms with Crippen molar-refractivity contribution in [3.8, 4) is 0 Å². The second kappa shape index (κ2) is 7.43. The van der Waals surface area contributed by atoms with Crippen molar-refractivity contribution in [2.45, 2.75) is 44.7 Å². The van der Waals surface area contributed by atoms with Gasteiger partial charge in [-0.2, -0.15) is 0 Å². The zero-order valence-corrected chi connectivity index (χ0v) is 11.0. The third-order valence-corrected chi connectivity index (χ3v) is 3.71. The fourth-order valence-electron chi connectivity index (χ4n) is 1.69. The first-order chi connectivity index (χ1) is 6.10. The van der Waals surface area contributed by atoms with E-state index in [1.165, 1.54) is 12.8 Å². The zero-order chi connectivity index (χ0) is 10.3. The van der Waals surface area contributed by atoms with Crippen molar-refractivity contribution in [2.75, 3.05) is 0 Å². The SMILES string of the molecule is CCCC(C)CC(C[AsH2])CC(=O)O. The fourth-order valence-corrected chi connectivity index (χ4v) is 2.44. The summed E-state index contributed by atoms with van der Waals surface area (Å²) >= 11 is 1.65. The Morgan fingerprint density at radius 1 is 1.54 bits per heavy atom. The maximum atomic E-state index is 10.5. The molecule has 2 nitrogen and oxygen atoms in total. The van der Waals surface area contributed by atoms with E-state index in [9.17, 15) is 4.79 Å². The molecule has 1 N–H and O–H groups in total. The molecule has 0 amide bonds. The summed E-state index contributed by atoms with van der Waals surface area (Å²) in [7, 11) is 0. The van der Waals surface area contributed by atoms with Crippen molar-refractivity contribution in [2.24, 2.45) is 11.8 Å². The number of carboxylic acids is 1. The zero-order valence-electron chi connectivity index (χ0n) is 8.62. The molecule has 0 bridgehead atoms. The Hall–Kier alpha value is 0.0284. The predicted molar refractivity (Wildman–Crippen MR) is 57.8 cm³/mol. The van der Waals surface area contributed by atoms with Crippen LogP contribution in [-0.2, 0) is 4.79 Å². The fraction of sp³-hybridized carbons (Fsp3) is 0.900. The minimum atomic E-state index is -0.647. The second-order valence-electron chi connectivity index (χ2n) is 3.83. The molecular formula is C10H21AsO2. The monoisotopic (exact) mass is 248 g/mol. The number of rotatable bonds is 7. The van der Waals surface area contributed by atoms with Crippen LogP contribution in [-0.4, -0.2) is 27.9 Å². The van der Waals surface area contributed by atoms with Crippen LogP contribution < -0.4 is 0 Å². The number of aliphatic carboxylic acids is 1. The summed E-state index contributed by atoms with van der Waals surface area (Å²) in [6, 6.07) is 0. The summed E-state index contributed by atoms with van der Waals surface area (Å²) in [6.45, 7) is 4.40. The third-order valence-electron chi connectivity index (χ3n) is 2.31. The van der Waals surface area contributed by atoms with E-state index in [0.717, 1.165) is 11.6 Å². The first kappa shape index (κ1) is 13.0. The Bertz CT molecular complexity index is 148. The van der Waals surface area contributed by atoms with Gasteiger partial charge >= 0.3 is 89.3 Å². The van der Waals surface area contributed by atoms with Crippen molar-refractivity contribution in [3.63, 3.8) is 0 Å². The molecule has 3 heteroatoms. The summed E-state index contributed by atoms with van der Waals surface area (Å²) in [5.74, 6) is 0.440. The number of hydrogen-bond acceptors (Lipinski definition) is 1. The van der Waals surface area contributed by atoms with Crippen molar-refractivity contribution < 1.29 is 9.90 Å². The normalized spacial score (nSPS) is 15.3. The Kier molecular flexibility index (Phi) is 7.45. The van der Waals surface area contributed by atoms with Crippen LogP contribution in [0.2, 0.25) is 5.21 Å². The third kappa shape index (κ3) is 7.13. The summed E-state index contributed by atoms with van der Waals surface area (Å²) in [6.07, 6.45) is 3.86. The molecule has 0 aromatic heterocycles. The van der Waals surface area contributed by atoms with Crippen molar-refractivity contribution in [3.05, 3.63) is 0 Å². The quantitative estimate of drug-likeness (QED) is 0.699. The van der Waals surface area contributed by atoms with E-state index in [4.69, 9.17) is 5.11 Å². The number of hydrogen-bond donors (Lipinski definition) is 1. The van der Waals surface area contributed by atoms with Gasteiger partial charge in [0.25, 0.3) is 0 Å². The average molecular weight is 248 g/mol. The first-order valence-corrected chi connectivity index (χ1v) is 6.73. The number of carbonyl (C=O) groups is 1. The number of carboxylic acid groups (broad SMARTS) is 1. The van der Waals surface area contributed by atoms with Gasteiger partial charge in [-0.3, -0.25) is 0 Å². The van der Waals surface area contributed by atoms with Crippen molar-refractivity contribution in [1.82, 2.24) is 0 Å².